The van der Waals surface area contributed by atoms with Gasteiger partial charge in [-0.3, -0.25) is 0 Å². The molecule has 6 heterocycles. The number of nitrogens with zero attached hydrogens (tertiary/aromatic N) is 3. The summed E-state index contributed by atoms with van der Waals surface area (Å²) in [7, 11) is 0. The Kier molecular flexibility index (Phi) is 8.40. The number of furan rings is 2. The van der Waals surface area contributed by atoms with Gasteiger partial charge in [-0.05, 0) is 124 Å². The number of hydrogen-bond donors (Lipinski definition) is 0. The average Bonchev–Trinajstić information content (AvgIpc) is 4.11. The fourth-order valence-corrected chi connectivity index (χ4v) is 12.3. The van der Waals surface area contributed by atoms with Crippen molar-refractivity contribution >= 4 is 107 Å². The molecule has 3 aliphatic rings. The van der Waals surface area contributed by atoms with Crippen LogP contribution in [-0.4, -0.2) is 11.3 Å². The van der Waals surface area contributed by atoms with Crippen molar-refractivity contribution in [1.29, 1.82) is 0 Å². The lowest BCUT2D eigenvalue weighted by atomic mass is 9.44. The lowest BCUT2D eigenvalue weighted by Gasteiger charge is -2.42. The minimum atomic E-state index is -0.358. The molecule has 3 aromatic heterocycles. The molecule has 8 heteroatoms. The van der Waals surface area contributed by atoms with Crippen molar-refractivity contribution in [1.82, 2.24) is 4.48 Å². The smallest absolute Gasteiger partial charge is 0.333 e. The van der Waals surface area contributed by atoms with Crippen LogP contribution >= 0.6 is 0 Å². The van der Waals surface area contributed by atoms with Gasteiger partial charge < -0.3 is 32.6 Å². The van der Waals surface area contributed by atoms with Crippen molar-refractivity contribution in [2.75, 3.05) is 9.80 Å². The third-order valence-electron chi connectivity index (χ3n) is 15.5. The standard InChI is InChI=1S/C66H44BN3O4/c1-66(2,3)40-31-32-51(46(33-40)39-19-7-4-8-20-39)69-52-38-58-57(72-55-29-17-18-30-56(55)73-58)37-50(52)67-61-47(36-59-60(64(61)69)44-25-13-15-27-53(44)71-59)48-34-43(68(41-21-9-5-10-22-41)42-23-11-6-12-24-42)35-49-62(48)70(67)63-45-26-14-16-28-54(45)74-65(49)63/h4-38H,1-3H3. The fourth-order valence-electron chi connectivity index (χ4n) is 12.3. The molecule has 0 saturated carbocycles. The van der Waals surface area contributed by atoms with Gasteiger partial charge in [0.1, 0.15) is 16.7 Å². The van der Waals surface area contributed by atoms with Gasteiger partial charge in [0.2, 0.25) is 0 Å². The topological polar surface area (TPSA) is 56.2 Å². The van der Waals surface area contributed by atoms with E-state index in [4.69, 9.17) is 18.3 Å². The zero-order valence-corrected chi connectivity index (χ0v) is 40.8. The first-order valence-electron chi connectivity index (χ1n) is 25.3. The highest BCUT2D eigenvalue weighted by Crippen LogP contribution is 2.56. The number of hydrogen-bond acceptors (Lipinski definition) is 6. The Hall–Kier alpha value is -9.40. The highest BCUT2D eigenvalue weighted by Gasteiger charge is 2.47. The van der Waals surface area contributed by atoms with Crippen molar-refractivity contribution < 1.29 is 18.3 Å². The van der Waals surface area contributed by atoms with Crippen LogP contribution in [0.5, 0.6) is 23.0 Å². The van der Waals surface area contributed by atoms with E-state index in [1.54, 1.807) is 0 Å². The molecule has 7 nitrogen and oxygen atoms in total. The first kappa shape index (κ1) is 41.2. The maximum absolute atomic E-state index is 7.14. The zero-order valence-electron chi connectivity index (χ0n) is 40.8. The first-order valence-corrected chi connectivity index (χ1v) is 25.3. The molecular weight excluding hydrogens is 910 g/mol. The molecule has 0 fully saturated rings. The van der Waals surface area contributed by atoms with E-state index >= 15 is 0 Å². The number of ether oxygens (including phenoxy) is 2. The van der Waals surface area contributed by atoms with Crippen LogP contribution in [0.3, 0.4) is 0 Å². The van der Waals surface area contributed by atoms with Crippen LogP contribution in [-0.2, 0) is 5.41 Å². The third kappa shape index (κ3) is 5.79. The molecule has 0 aliphatic carbocycles. The number of rotatable bonds is 5. The number of fused-ring (bicyclic) bond motifs is 15. The Balaban J connectivity index is 1.10. The summed E-state index contributed by atoms with van der Waals surface area (Å²) in [5.74, 6) is 2.66. The van der Waals surface area contributed by atoms with Crippen molar-refractivity contribution in [3.05, 3.63) is 218 Å². The van der Waals surface area contributed by atoms with Gasteiger partial charge in [-0.2, -0.15) is 0 Å². The molecule has 350 valence electrons. The lowest BCUT2D eigenvalue weighted by molar-refractivity contribution is 0.360. The Morgan fingerprint density at radius 3 is 1.77 bits per heavy atom. The maximum atomic E-state index is 7.14. The van der Waals surface area contributed by atoms with Crippen molar-refractivity contribution in [3.8, 4) is 45.3 Å². The molecule has 0 bridgehead atoms. The lowest BCUT2D eigenvalue weighted by Crippen LogP contribution is -2.56. The summed E-state index contributed by atoms with van der Waals surface area (Å²) < 4.78 is 30.6. The molecule has 74 heavy (non-hydrogen) atoms. The van der Waals surface area contributed by atoms with Crippen LogP contribution in [0, 0.1) is 0 Å². The Morgan fingerprint density at radius 2 is 1.07 bits per heavy atom. The van der Waals surface area contributed by atoms with Crippen LogP contribution in [0.25, 0.3) is 77.2 Å². The van der Waals surface area contributed by atoms with Gasteiger partial charge in [-0.1, -0.05) is 136 Å². The van der Waals surface area contributed by atoms with Gasteiger partial charge in [-0.15, -0.1) is 0 Å². The van der Waals surface area contributed by atoms with Gasteiger partial charge in [-0.25, -0.2) is 0 Å². The average molecular weight is 954 g/mol. The largest absolute Gasteiger partial charge is 0.456 e. The Morgan fingerprint density at radius 1 is 0.446 bits per heavy atom. The van der Waals surface area contributed by atoms with E-state index in [0.717, 1.165) is 122 Å². The highest BCUT2D eigenvalue weighted by atomic mass is 16.6. The normalized spacial score (nSPS) is 13.2. The van der Waals surface area contributed by atoms with E-state index < -0.39 is 0 Å². The van der Waals surface area contributed by atoms with Crippen LogP contribution < -0.4 is 30.2 Å². The van der Waals surface area contributed by atoms with Crippen LogP contribution in [0.1, 0.15) is 26.3 Å². The molecule has 0 saturated heterocycles. The molecule has 0 unspecified atom stereocenters. The Bertz CT molecular complexity index is 4450. The molecule has 13 aromatic rings. The summed E-state index contributed by atoms with van der Waals surface area (Å²) in [6, 6.07) is 75.4. The summed E-state index contributed by atoms with van der Waals surface area (Å²) in [5, 5.41) is 4.16. The van der Waals surface area contributed by atoms with Gasteiger partial charge in [0.15, 0.2) is 28.6 Å². The number of para-hydroxylation sites is 6. The van der Waals surface area contributed by atoms with Gasteiger partial charge in [0.05, 0.1) is 22.3 Å². The molecule has 0 N–H and O–H groups in total. The summed E-state index contributed by atoms with van der Waals surface area (Å²) in [6.07, 6.45) is 0. The number of anilines is 6. The molecule has 0 radical (unpaired) electrons. The van der Waals surface area contributed by atoms with Crippen LogP contribution in [0.4, 0.5) is 34.1 Å². The SMILES string of the molecule is CC(C)(C)c1ccc(N2c3cc4c(cc3B3c5c(cc6oc7ccccc7c6c52)-c2cc(N(c5ccccc5)c5ccccc5)cc5c6oc7ccccc7c6n3c25)Oc2ccccc2O4)c(-c2ccccc2)c1. The summed E-state index contributed by atoms with van der Waals surface area (Å²) in [5.41, 5.74) is 19.4. The van der Waals surface area contributed by atoms with Crippen LogP contribution in [0.2, 0.25) is 0 Å². The predicted octanol–water partition coefficient (Wildman–Crippen LogP) is 17.2. The minimum absolute atomic E-state index is 0.113. The number of aromatic nitrogens is 1. The van der Waals surface area contributed by atoms with Gasteiger partial charge in [0.25, 0.3) is 0 Å². The molecule has 0 spiro atoms. The second-order valence-electron chi connectivity index (χ2n) is 20.8. The van der Waals surface area contributed by atoms with E-state index in [1.165, 1.54) is 5.56 Å². The molecule has 0 amide bonds. The molecule has 10 aromatic carbocycles. The minimum Gasteiger partial charge on any atom is -0.456 e. The van der Waals surface area contributed by atoms with E-state index in [0.29, 0.717) is 23.0 Å². The monoisotopic (exact) mass is 953 g/mol. The van der Waals surface area contributed by atoms with E-state index in [-0.39, 0.29) is 12.3 Å². The molecule has 3 aliphatic heterocycles. The van der Waals surface area contributed by atoms with E-state index in [9.17, 15) is 0 Å². The second kappa shape index (κ2) is 15.1. The summed E-state index contributed by atoms with van der Waals surface area (Å²) in [6.45, 7) is 6.50. The van der Waals surface area contributed by atoms with Crippen LogP contribution in [0.15, 0.2) is 221 Å². The maximum Gasteiger partial charge on any atom is 0.333 e. The van der Waals surface area contributed by atoms with Crippen molar-refractivity contribution in [2.45, 2.75) is 26.2 Å². The predicted molar refractivity (Wildman–Crippen MR) is 302 cm³/mol. The van der Waals surface area contributed by atoms with E-state index in [2.05, 4.69) is 223 Å². The van der Waals surface area contributed by atoms with Crippen molar-refractivity contribution in [3.63, 3.8) is 0 Å². The van der Waals surface area contributed by atoms with Gasteiger partial charge >= 0.3 is 6.85 Å². The third-order valence-corrected chi connectivity index (χ3v) is 15.5. The fraction of sp³-hybridized carbons (Fsp3) is 0.0606. The molecule has 0 atom stereocenters. The van der Waals surface area contributed by atoms with Crippen molar-refractivity contribution in [2.24, 2.45) is 0 Å². The molecular formula is C66H44BN3O4. The van der Waals surface area contributed by atoms with Gasteiger partial charge in [0, 0.05) is 61.6 Å². The molecule has 16 rings (SSSR count). The van der Waals surface area contributed by atoms with E-state index in [1.807, 2.05) is 24.3 Å². The zero-order chi connectivity index (χ0) is 49.0. The quantitative estimate of drug-likeness (QED) is 0.160. The second-order valence-corrected chi connectivity index (χ2v) is 20.8. The Labute approximate surface area is 426 Å². The summed E-state index contributed by atoms with van der Waals surface area (Å²) in [4.78, 5) is 4.86. The number of benzene rings is 10. The highest BCUT2D eigenvalue weighted by molar-refractivity contribution is 6.90. The first-order chi connectivity index (χ1) is 36.3. The summed E-state index contributed by atoms with van der Waals surface area (Å²) >= 11 is 0.